The van der Waals surface area contributed by atoms with Crippen molar-refractivity contribution >= 4 is 28.5 Å². The van der Waals surface area contributed by atoms with Gasteiger partial charge in [-0.1, -0.05) is 45.2 Å². The molecule has 180 valence electrons. The third kappa shape index (κ3) is 4.95. The Labute approximate surface area is 208 Å². The number of thiazole rings is 1. The quantitative estimate of drug-likeness (QED) is 0.218. The maximum atomic E-state index is 11.7. The molecule has 0 atom stereocenters. The SMILES string of the molecule is CC(C)c1nccn1-c1ccc([N+](=O)[O-])c(Nc2ccc(-c3csc(C4CCCCC4)n3)cc2)n1. The molecule has 0 spiro atoms. The summed E-state index contributed by atoms with van der Waals surface area (Å²) in [5, 5.41) is 18.2. The fraction of sp³-hybridized carbons (Fsp3) is 0.346. The van der Waals surface area contributed by atoms with E-state index in [1.165, 1.54) is 43.2 Å². The van der Waals surface area contributed by atoms with E-state index in [1.807, 2.05) is 48.9 Å². The van der Waals surface area contributed by atoms with Crippen LogP contribution in [0.5, 0.6) is 0 Å². The number of nitro groups is 1. The molecule has 1 aliphatic carbocycles. The van der Waals surface area contributed by atoms with Crippen molar-refractivity contribution in [2.75, 3.05) is 5.32 Å². The van der Waals surface area contributed by atoms with E-state index < -0.39 is 4.92 Å². The number of rotatable bonds is 7. The van der Waals surface area contributed by atoms with Crippen molar-refractivity contribution in [2.24, 2.45) is 0 Å². The van der Waals surface area contributed by atoms with Crippen LogP contribution in [0.2, 0.25) is 0 Å². The summed E-state index contributed by atoms with van der Waals surface area (Å²) in [6.45, 7) is 4.09. The summed E-state index contributed by atoms with van der Waals surface area (Å²) >= 11 is 1.75. The van der Waals surface area contributed by atoms with Gasteiger partial charge >= 0.3 is 5.69 Å². The van der Waals surface area contributed by atoms with Gasteiger partial charge in [-0.15, -0.1) is 11.3 Å². The summed E-state index contributed by atoms with van der Waals surface area (Å²) in [4.78, 5) is 25.1. The average Bonchev–Trinajstić information content (AvgIpc) is 3.55. The Morgan fingerprint density at radius 1 is 1.09 bits per heavy atom. The molecule has 0 aliphatic heterocycles. The van der Waals surface area contributed by atoms with Crippen LogP contribution in [0.1, 0.15) is 68.6 Å². The molecule has 1 aliphatic rings. The number of imidazole rings is 1. The number of hydrogen-bond donors (Lipinski definition) is 1. The van der Waals surface area contributed by atoms with Gasteiger partial charge in [0.25, 0.3) is 0 Å². The van der Waals surface area contributed by atoms with Gasteiger partial charge < -0.3 is 5.32 Å². The van der Waals surface area contributed by atoms with E-state index >= 15 is 0 Å². The van der Waals surface area contributed by atoms with Crippen LogP contribution < -0.4 is 5.32 Å². The molecule has 1 saturated carbocycles. The molecule has 1 N–H and O–H groups in total. The molecule has 3 heterocycles. The highest BCUT2D eigenvalue weighted by molar-refractivity contribution is 7.10. The highest BCUT2D eigenvalue weighted by Gasteiger charge is 2.20. The number of aromatic nitrogens is 4. The van der Waals surface area contributed by atoms with Gasteiger partial charge in [0.15, 0.2) is 0 Å². The normalized spacial score (nSPS) is 14.4. The Morgan fingerprint density at radius 3 is 2.57 bits per heavy atom. The lowest BCUT2D eigenvalue weighted by atomic mass is 9.90. The largest absolute Gasteiger partial charge is 0.334 e. The zero-order valence-corrected chi connectivity index (χ0v) is 20.7. The Morgan fingerprint density at radius 2 is 1.86 bits per heavy atom. The zero-order chi connectivity index (χ0) is 24.4. The summed E-state index contributed by atoms with van der Waals surface area (Å²) < 4.78 is 1.86. The first kappa shape index (κ1) is 23.2. The molecule has 3 aromatic heterocycles. The first-order valence-electron chi connectivity index (χ1n) is 12.0. The maximum Gasteiger partial charge on any atom is 0.311 e. The Balaban J connectivity index is 1.38. The van der Waals surface area contributed by atoms with Crippen LogP contribution in [0.3, 0.4) is 0 Å². The molecule has 5 rings (SSSR count). The van der Waals surface area contributed by atoms with Gasteiger partial charge in [-0.25, -0.2) is 15.0 Å². The summed E-state index contributed by atoms with van der Waals surface area (Å²) in [5.74, 6) is 2.40. The van der Waals surface area contributed by atoms with Crippen molar-refractivity contribution in [3.8, 4) is 17.1 Å². The van der Waals surface area contributed by atoms with Crippen molar-refractivity contribution in [3.05, 3.63) is 75.1 Å². The lowest BCUT2D eigenvalue weighted by Crippen LogP contribution is -2.07. The van der Waals surface area contributed by atoms with Crippen LogP contribution in [0, 0.1) is 10.1 Å². The molecule has 0 saturated heterocycles. The van der Waals surface area contributed by atoms with Crippen LogP contribution in [0.4, 0.5) is 17.2 Å². The van der Waals surface area contributed by atoms with E-state index in [1.54, 1.807) is 23.6 Å². The van der Waals surface area contributed by atoms with Gasteiger partial charge in [-0.05, 0) is 31.0 Å². The smallest absolute Gasteiger partial charge is 0.311 e. The monoisotopic (exact) mass is 488 g/mol. The average molecular weight is 489 g/mol. The van der Waals surface area contributed by atoms with E-state index in [-0.39, 0.29) is 17.4 Å². The second-order valence-electron chi connectivity index (χ2n) is 9.21. The predicted octanol–water partition coefficient (Wildman–Crippen LogP) is 7.21. The number of nitrogens with one attached hydrogen (secondary N) is 1. The van der Waals surface area contributed by atoms with Gasteiger partial charge in [0.1, 0.15) is 11.6 Å². The van der Waals surface area contributed by atoms with Crippen molar-refractivity contribution < 1.29 is 4.92 Å². The minimum absolute atomic E-state index is 0.0827. The van der Waals surface area contributed by atoms with E-state index in [4.69, 9.17) is 4.98 Å². The summed E-state index contributed by atoms with van der Waals surface area (Å²) in [7, 11) is 0. The lowest BCUT2D eigenvalue weighted by Gasteiger charge is -2.18. The van der Waals surface area contributed by atoms with Crippen LogP contribution in [-0.4, -0.2) is 24.4 Å². The van der Waals surface area contributed by atoms with E-state index in [0.29, 0.717) is 11.7 Å². The van der Waals surface area contributed by atoms with Crippen LogP contribution >= 0.6 is 11.3 Å². The van der Waals surface area contributed by atoms with Gasteiger partial charge in [-0.2, -0.15) is 0 Å². The van der Waals surface area contributed by atoms with Crippen LogP contribution in [0.25, 0.3) is 17.1 Å². The molecule has 35 heavy (non-hydrogen) atoms. The molecule has 0 amide bonds. The third-order valence-electron chi connectivity index (χ3n) is 6.41. The van der Waals surface area contributed by atoms with Crippen molar-refractivity contribution in [1.29, 1.82) is 0 Å². The van der Waals surface area contributed by atoms with Gasteiger partial charge in [0.05, 0.1) is 15.6 Å². The second-order valence-corrected chi connectivity index (χ2v) is 10.1. The van der Waals surface area contributed by atoms with Crippen LogP contribution in [-0.2, 0) is 0 Å². The second kappa shape index (κ2) is 9.95. The van der Waals surface area contributed by atoms with Crippen molar-refractivity contribution in [2.45, 2.75) is 57.8 Å². The van der Waals surface area contributed by atoms with Crippen LogP contribution in [0.15, 0.2) is 54.2 Å². The maximum absolute atomic E-state index is 11.7. The standard InChI is InChI=1S/C26H28N6O2S/c1-17(2)25-27-14-15-31(25)23-13-12-22(32(33)34)24(30-23)28-20-10-8-18(9-11-20)21-16-35-26(29-21)19-6-4-3-5-7-19/h8-17,19H,3-7H2,1-2H3,(H,28,30). The molecule has 4 aromatic rings. The fourth-order valence-electron chi connectivity index (χ4n) is 4.57. The highest BCUT2D eigenvalue weighted by Crippen LogP contribution is 2.36. The minimum Gasteiger partial charge on any atom is -0.334 e. The van der Waals surface area contributed by atoms with Crippen molar-refractivity contribution in [3.63, 3.8) is 0 Å². The molecule has 0 unspecified atom stereocenters. The molecule has 9 heteroatoms. The topological polar surface area (TPSA) is 98.8 Å². The molecule has 1 aromatic carbocycles. The molecular formula is C26H28N6O2S. The Bertz CT molecular complexity index is 1320. The first-order valence-corrected chi connectivity index (χ1v) is 12.9. The van der Waals surface area contributed by atoms with Gasteiger partial charge in [0.2, 0.25) is 5.82 Å². The predicted molar refractivity (Wildman–Crippen MR) is 139 cm³/mol. The number of nitrogens with zero attached hydrogens (tertiary/aromatic N) is 5. The summed E-state index contributed by atoms with van der Waals surface area (Å²) in [6.07, 6.45) is 9.92. The lowest BCUT2D eigenvalue weighted by molar-refractivity contribution is -0.384. The molecule has 0 bridgehead atoms. The number of benzene rings is 1. The number of anilines is 2. The highest BCUT2D eigenvalue weighted by atomic mass is 32.1. The van der Waals surface area contributed by atoms with E-state index in [0.717, 1.165) is 22.8 Å². The third-order valence-corrected chi connectivity index (χ3v) is 7.42. The molecule has 8 nitrogen and oxygen atoms in total. The summed E-state index contributed by atoms with van der Waals surface area (Å²) in [6, 6.07) is 10.9. The first-order chi connectivity index (χ1) is 17.0. The Hall–Kier alpha value is -3.59. The molecule has 1 fully saturated rings. The van der Waals surface area contributed by atoms with Crippen molar-refractivity contribution in [1.82, 2.24) is 19.5 Å². The molecule has 0 radical (unpaired) electrons. The zero-order valence-electron chi connectivity index (χ0n) is 19.8. The Kier molecular flexibility index (Phi) is 6.59. The fourth-order valence-corrected chi connectivity index (χ4v) is 5.57. The van der Waals surface area contributed by atoms with Gasteiger partial charge in [-0.3, -0.25) is 14.7 Å². The summed E-state index contributed by atoms with van der Waals surface area (Å²) in [5.41, 5.74) is 2.65. The van der Waals surface area contributed by atoms with Gasteiger partial charge in [0, 0.05) is 46.9 Å². The molecular weight excluding hydrogens is 460 g/mol. The minimum atomic E-state index is -0.424. The van der Waals surface area contributed by atoms with E-state index in [2.05, 4.69) is 20.7 Å². The number of pyridine rings is 1. The number of hydrogen-bond acceptors (Lipinski definition) is 7. The van der Waals surface area contributed by atoms with E-state index in [9.17, 15) is 10.1 Å².